The Hall–Kier alpha value is -3.36. The van der Waals surface area contributed by atoms with Gasteiger partial charge < -0.3 is 19.9 Å². The summed E-state index contributed by atoms with van der Waals surface area (Å²) < 4.78 is 10.1. The third kappa shape index (κ3) is 3.34. The smallest absolute Gasteiger partial charge is 0.315 e. The van der Waals surface area contributed by atoms with Gasteiger partial charge >= 0.3 is 6.03 Å². The largest absolute Gasteiger partial charge is 0.491 e. The van der Waals surface area contributed by atoms with Crippen LogP contribution in [0.25, 0.3) is 22.9 Å². The summed E-state index contributed by atoms with van der Waals surface area (Å²) in [4.78, 5) is 23.1. The van der Waals surface area contributed by atoms with Crippen molar-refractivity contribution < 1.29 is 9.53 Å². The Kier molecular flexibility index (Phi) is 4.68. The third-order valence-corrected chi connectivity index (χ3v) is 5.99. The molecule has 0 unspecified atom stereocenters. The number of benzene rings is 1. The predicted octanol–water partition coefficient (Wildman–Crippen LogP) is 3.31. The molecule has 9 heteroatoms. The minimum Gasteiger partial charge on any atom is -0.491 e. The van der Waals surface area contributed by atoms with Crippen molar-refractivity contribution in [3.8, 4) is 28.7 Å². The number of rotatable bonds is 3. The van der Waals surface area contributed by atoms with Crippen LogP contribution in [0, 0.1) is 6.92 Å². The van der Waals surface area contributed by atoms with Gasteiger partial charge in [-0.2, -0.15) is 5.10 Å². The number of hydrogen-bond donors (Lipinski definition) is 1. The molecule has 0 bridgehead atoms. The van der Waals surface area contributed by atoms with Crippen molar-refractivity contribution in [1.82, 2.24) is 29.2 Å². The molecule has 2 aliphatic heterocycles. The number of primary amides is 1. The number of ether oxygens (including phenoxy) is 1. The zero-order valence-electron chi connectivity index (χ0n) is 18.1. The van der Waals surface area contributed by atoms with Crippen molar-refractivity contribution in [2.24, 2.45) is 5.73 Å². The molecule has 1 atom stereocenters. The molecule has 9 nitrogen and oxygen atoms in total. The number of imidazole rings is 1. The van der Waals surface area contributed by atoms with Crippen LogP contribution >= 0.6 is 0 Å². The molecule has 2 N–H and O–H groups in total. The highest BCUT2D eigenvalue weighted by Crippen LogP contribution is 2.39. The molecule has 0 radical (unpaired) electrons. The van der Waals surface area contributed by atoms with Crippen molar-refractivity contribution in [3.05, 3.63) is 35.8 Å². The van der Waals surface area contributed by atoms with Gasteiger partial charge in [0.05, 0.1) is 18.2 Å². The average Bonchev–Trinajstić information content (AvgIpc) is 3.44. The monoisotopic (exact) mass is 421 g/mol. The van der Waals surface area contributed by atoms with Crippen LogP contribution in [0.2, 0.25) is 0 Å². The van der Waals surface area contributed by atoms with E-state index < -0.39 is 0 Å². The molecule has 1 fully saturated rings. The lowest BCUT2D eigenvalue weighted by Crippen LogP contribution is -2.35. The van der Waals surface area contributed by atoms with Gasteiger partial charge in [-0.1, -0.05) is 6.07 Å². The molecule has 2 amide bonds. The van der Waals surface area contributed by atoms with Gasteiger partial charge in [0.1, 0.15) is 29.7 Å². The number of carbonyl (C=O) groups is 1. The molecule has 3 aromatic rings. The fourth-order valence-corrected chi connectivity index (χ4v) is 4.56. The molecule has 1 aromatic carbocycles. The van der Waals surface area contributed by atoms with E-state index in [0.717, 1.165) is 52.9 Å². The molecule has 0 spiro atoms. The molecule has 4 heterocycles. The second kappa shape index (κ2) is 7.40. The number of aryl methyl sites for hydroxylation is 1. The van der Waals surface area contributed by atoms with E-state index in [1.54, 1.807) is 4.90 Å². The lowest BCUT2D eigenvalue weighted by molar-refractivity contribution is 0.202. The third-order valence-electron chi connectivity index (χ3n) is 5.99. The number of nitrogens with zero attached hydrogens (tertiary/aromatic N) is 6. The van der Waals surface area contributed by atoms with Gasteiger partial charge in [0, 0.05) is 18.8 Å². The van der Waals surface area contributed by atoms with Crippen molar-refractivity contribution in [2.75, 3.05) is 13.2 Å². The maximum absolute atomic E-state index is 11.8. The van der Waals surface area contributed by atoms with Crippen molar-refractivity contribution >= 4 is 6.03 Å². The van der Waals surface area contributed by atoms with Crippen LogP contribution in [-0.4, -0.2) is 48.4 Å². The van der Waals surface area contributed by atoms with Gasteiger partial charge in [-0.05, 0) is 51.3 Å². The summed E-state index contributed by atoms with van der Waals surface area (Å²) in [5.41, 5.74) is 8.36. The average molecular weight is 422 g/mol. The Bertz CT molecular complexity index is 1150. The summed E-state index contributed by atoms with van der Waals surface area (Å²) in [5.74, 6) is 3.14. The highest BCUT2D eigenvalue weighted by molar-refractivity contribution is 5.73. The molecule has 162 valence electrons. The Labute approximate surface area is 180 Å². The summed E-state index contributed by atoms with van der Waals surface area (Å²) in [5, 5.41) is 4.52. The van der Waals surface area contributed by atoms with Gasteiger partial charge in [0.15, 0.2) is 5.82 Å². The van der Waals surface area contributed by atoms with E-state index in [4.69, 9.17) is 15.5 Å². The first-order valence-electron chi connectivity index (χ1n) is 10.8. The summed E-state index contributed by atoms with van der Waals surface area (Å²) in [6.45, 7) is 7.99. The predicted molar refractivity (Wildman–Crippen MR) is 116 cm³/mol. The zero-order valence-corrected chi connectivity index (χ0v) is 18.1. The first-order chi connectivity index (χ1) is 14.9. The maximum atomic E-state index is 11.8. The summed E-state index contributed by atoms with van der Waals surface area (Å²) in [6.07, 6.45) is 3.88. The van der Waals surface area contributed by atoms with Crippen LogP contribution in [0.3, 0.4) is 0 Å². The van der Waals surface area contributed by atoms with Crippen LogP contribution in [0.5, 0.6) is 5.75 Å². The summed E-state index contributed by atoms with van der Waals surface area (Å²) in [7, 11) is 0. The Morgan fingerprint density at radius 2 is 2.06 bits per heavy atom. The quantitative estimate of drug-likeness (QED) is 0.699. The molecular formula is C22H27N7O2. The maximum Gasteiger partial charge on any atom is 0.315 e. The molecule has 0 saturated carbocycles. The SMILES string of the molecule is Cc1nc(-c2cn3c(n2)-c2ccc([C@H]4CCCN4C(N)=O)cc2OCC3)n(C(C)C)n1. The van der Waals surface area contributed by atoms with Crippen molar-refractivity contribution in [2.45, 2.75) is 52.2 Å². The van der Waals surface area contributed by atoms with Gasteiger partial charge in [-0.15, -0.1) is 0 Å². The number of hydrogen-bond acceptors (Lipinski definition) is 5. The van der Waals surface area contributed by atoms with Gasteiger partial charge in [0.2, 0.25) is 0 Å². The summed E-state index contributed by atoms with van der Waals surface area (Å²) >= 11 is 0. The van der Waals surface area contributed by atoms with Crippen molar-refractivity contribution in [3.63, 3.8) is 0 Å². The molecule has 2 aromatic heterocycles. The minimum absolute atomic E-state index is 0.00229. The van der Waals surface area contributed by atoms with Gasteiger partial charge in [0.25, 0.3) is 0 Å². The zero-order chi connectivity index (χ0) is 21.7. The number of likely N-dealkylation sites (tertiary alicyclic amines) is 1. The fourth-order valence-electron chi connectivity index (χ4n) is 4.56. The van der Waals surface area contributed by atoms with Crippen LogP contribution in [0.4, 0.5) is 4.79 Å². The molecular weight excluding hydrogens is 394 g/mol. The number of amides is 2. The van der Waals surface area contributed by atoms with Crippen molar-refractivity contribution in [1.29, 1.82) is 0 Å². The van der Waals surface area contributed by atoms with E-state index in [1.807, 2.05) is 29.9 Å². The second-order valence-corrected chi connectivity index (χ2v) is 8.46. The van der Waals surface area contributed by atoms with Crippen LogP contribution in [-0.2, 0) is 6.54 Å². The minimum atomic E-state index is -0.372. The Morgan fingerprint density at radius 1 is 1.23 bits per heavy atom. The number of aromatic nitrogens is 5. The fraction of sp³-hybridized carbons (Fsp3) is 0.455. The van der Waals surface area contributed by atoms with E-state index in [-0.39, 0.29) is 18.1 Å². The standard InChI is InChI=1S/C22H27N7O2/c1-13(2)29-21(24-14(3)26-29)17-12-27-9-10-31-19-11-15(6-7-16(19)20(27)25-17)18-5-4-8-28(18)22(23)30/h6-7,11-13,18H,4-5,8-10H2,1-3H3,(H2,23,30)/t18-/m1/s1. The highest BCUT2D eigenvalue weighted by atomic mass is 16.5. The highest BCUT2D eigenvalue weighted by Gasteiger charge is 2.30. The number of urea groups is 1. The summed E-state index contributed by atoms with van der Waals surface area (Å²) in [6, 6.07) is 5.94. The van der Waals surface area contributed by atoms with E-state index in [1.165, 1.54) is 0 Å². The molecule has 2 aliphatic rings. The van der Waals surface area contributed by atoms with Crippen LogP contribution in [0.1, 0.15) is 50.2 Å². The van der Waals surface area contributed by atoms with E-state index in [9.17, 15) is 4.79 Å². The molecule has 0 aliphatic carbocycles. The number of nitrogens with two attached hydrogens (primary N) is 1. The molecule has 5 rings (SSSR count). The number of carbonyl (C=O) groups excluding carboxylic acids is 1. The normalized spacial score (nSPS) is 17.9. The number of fused-ring (bicyclic) bond motifs is 3. The Morgan fingerprint density at radius 3 is 2.84 bits per heavy atom. The second-order valence-electron chi connectivity index (χ2n) is 8.46. The van der Waals surface area contributed by atoms with Gasteiger partial charge in [-0.3, -0.25) is 0 Å². The van der Waals surface area contributed by atoms with E-state index >= 15 is 0 Å². The molecule has 1 saturated heterocycles. The first kappa shape index (κ1) is 19.6. The van der Waals surface area contributed by atoms with E-state index in [0.29, 0.717) is 19.7 Å². The van der Waals surface area contributed by atoms with Crippen LogP contribution < -0.4 is 10.5 Å². The molecule has 31 heavy (non-hydrogen) atoms. The lowest BCUT2D eigenvalue weighted by atomic mass is 10.0. The topological polar surface area (TPSA) is 104 Å². The Balaban J connectivity index is 1.55. The van der Waals surface area contributed by atoms with Gasteiger partial charge in [-0.25, -0.2) is 19.4 Å². The first-order valence-corrected chi connectivity index (χ1v) is 10.8. The lowest BCUT2D eigenvalue weighted by Gasteiger charge is -2.23. The van der Waals surface area contributed by atoms with E-state index in [2.05, 4.69) is 34.6 Å². The van der Waals surface area contributed by atoms with Crippen LogP contribution in [0.15, 0.2) is 24.4 Å².